The van der Waals surface area contributed by atoms with Crippen molar-refractivity contribution >= 4 is 0 Å². The molecule has 1 rings (SSSR count). The van der Waals surface area contributed by atoms with E-state index in [1.807, 2.05) is 13.0 Å². The van der Waals surface area contributed by atoms with Gasteiger partial charge in [0, 0.05) is 24.7 Å². The maximum atomic E-state index is 13.1. The van der Waals surface area contributed by atoms with Crippen molar-refractivity contribution in [2.45, 2.75) is 19.5 Å². The Balaban J connectivity index is 2.50. The average Bonchev–Trinajstić information content (AvgIpc) is 2.16. The minimum absolute atomic E-state index is 0.167. The van der Waals surface area contributed by atoms with Gasteiger partial charge in [0.25, 0.3) is 0 Å². The molecule has 0 radical (unpaired) electrons. The molecule has 0 saturated heterocycles. The zero-order valence-corrected chi connectivity index (χ0v) is 7.76. The molecule has 0 aliphatic rings. The van der Waals surface area contributed by atoms with Gasteiger partial charge in [-0.3, -0.25) is 0 Å². The minimum atomic E-state index is -0.167. The summed E-state index contributed by atoms with van der Waals surface area (Å²) in [7, 11) is 0. The molecule has 3 heteroatoms. The Bertz CT molecular complexity index is 263. The van der Waals surface area contributed by atoms with Gasteiger partial charge in [-0.2, -0.15) is 0 Å². The molecule has 1 aromatic rings. The highest BCUT2D eigenvalue weighted by Gasteiger charge is 2.01. The third-order valence-corrected chi connectivity index (χ3v) is 1.95. The Morgan fingerprint density at radius 1 is 1.46 bits per heavy atom. The van der Waals surface area contributed by atoms with Gasteiger partial charge >= 0.3 is 0 Å². The molecule has 0 aliphatic carbocycles. The van der Waals surface area contributed by atoms with Gasteiger partial charge in [0.2, 0.25) is 0 Å². The molecule has 72 valence electrons. The summed E-state index contributed by atoms with van der Waals surface area (Å²) in [5.74, 6) is -0.167. The predicted molar refractivity (Wildman–Crippen MR) is 51.8 cm³/mol. The molecule has 0 amide bonds. The summed E-state index contributed by atoms with van der Waals surface area (Å²) in [6.45, 7) is 3.07. The quantitative estimate of drug-likeness (QED) is 0.735. The van der Waals surface area contributed by atoms with Crippen LogP contribution in [0.5, 0.6) is 0 Å². The smallest absolute Gasteiger partial charge is 0.127 e. The van der Waals surface area contributed by atoms with E-state index in [9.17, 15) is 4.39 Å². The number of hydrogen-bond acceptors (Lipinski definition) is 2. The van der Waals surface area contributed by atoms with E-state index in [1.165, 1.54) is 6.07 Å². The van der Waals surface area contributed by atoms with Crippen LogP contribution in [-0.4, -0.2) is 12.6 Å². The second kappa shape index (κ2) is 4.94. The van der Waals surface area contributed by atoms with Crippen molar-refractivity contribution in [2.24, 2.45) is 5.73 Å². The molecular weight excluding hydrogens is 167 g/mol. The Labute approximate surface area is 77.9 Å². The van der Waals surface area contributed by atoms with E-state index in [0.29, 0.717) is 18.7 Å². The van der Waals surface area contributed by atoms with Gasteiger partial charge in [0.05, 0.1) is 0 Å². The molecule has 0 saturated carbocycles. The number of halogens is 1. The van der Waals surface area contributed by atoms with Crippen LogP contribution in [0.15, 0.2) is 24.3 Å². The third-order valence-electron chi connectivity index (χ3n) is 1.95. The summed E-state index contributed by atoms with van der Waals surface area (Å²) in [6.07, 6.45) is 0. The molecule has 0 unspecified atom stereocenters. The topological polar surface area (TPSA) is 38.0 Å². The third kappa shape index (κ3) is 3.13. The van der Waals surface area contributed by atoms with Crippen molar-refractivity contribution in [1.82, 2.24) is 5.32 Å². The molecule has 13 heavy (non-hydrogen) atoms. The monoisotopic (exact) mass is 182 g/mol. The molecule has 0 aromatic heterocycles. The number of hydrogen-bond donors (Lipinski definition) is 2. The first-order valence-corrected chi connectivity index (χ1v) is 4.41. The molecule has 2 nitrogen and oxygen atoms in total. The average molecular weight is 182 g/mol. The summed E-state index contributed by atoms with van der Waals surface area (Å²) in [6, 6.07) is 6.97. The standard InChI is InChI=1S/C10H15FN2/c1-8(6-12)13-7-9-4-2-3-5-10(9)11/h2-5,8,13H,6-7,12H2,1H3/t8-/m0/s1. The van der Waals surface area contributed by atoms with E-state index in [4.69, 9.17) is 5.73 Å². The van der Waals surface area contributed by atoms with Crippen LogP contribution in [0.3, 0.4) is 0 Å². The molecule has 0 fully saturated rings. The number of rotatable bonds is 4. The maximum Gasteiger partial charge on any atom is 0.127 e. The summed E-state index contributed by atoms with van der Waals surface area (Å²) >= 11 is 0. The van der Waals surface area contributed by atoms with Crippen LogP contribution >= 0.6 is 0 Å². The molecule has 1 aromatic carbocycles. The summed E-state index contributed by atoms with van der Waals surface area (Å²) in [4.78, 5) is 0. The normalized spacial score (nSPS) is 12.8. The zero-order valence-electron chi connectivity index (χ0n) is 7.76. The van der Waals surface area contributed by atoms with Crippen LogP contribution < -0.4 is 11.1 Å². The predicted octanol–water partition coefficient (Wildman–Crippen LogP) is 1.26. The lowest BCUT2D eigenvalue weighted by Gasteiger charge is -2.11. The van der Waals surface area contributed by atoms with Crippen molar-refractivity contribution in [3.8, 4) is 0 Å². The van der Waals surface area contributed by atoms with Gasteiger partial charge < -0.3 is 11.1 Å². The molecule has 1 atom stereocenters. The number of nitrogens with two attached hydrogens (primary N) is 1. The highest BCUT2D eigenvalue weighted by atomic mass is 19.1. The molecule has 3 N–H and O–H groups in total. The summed E-state index contributed by atoms with van der Waals surface area (Å²) in [5, 5.41) is 3.12. The van der Waals surface area contributed by atoms with Gasteiger partial charge in [-0.1, -0.05) is 18.2 Å². The van der Waals surface area contributed by atoms with E-state index >= 15 is 0 Å². The van der Waals surface area contributed by atoms with Crippen molar-refractivity contribution < 1.29 is 4.39 Å². The van der Waals surface area contributed by atoms with E-state index in [1.54, 1.807) is 12.1 Å². The fourth-order valence-corrected chi connectivity index (χ4v) is 1.01. The molecular formula is C10H15FN2. The number of nitrogens with one attached hydrogen (secondary N) is 1. The minimum Gasteiger partial charge on any atom is -0.329 e. The summed E-state index contributed by atoms with van der Waals surface area (Å²) < 4.78 is 13.1. The van der Waals surface area contributed by atoms with E-state index in [2.05, 4.69) is 5.32 Å². The van der Waals surface area contributed by atoms with Crippen LogP contribution in [0.2, 0.25) is 0 Å². The Kier molecular flexibility index (Phi) is 3.86. The first-order chi connectivity index (χ1) is 6.24. The second-order valence-electron chi connectivity index (χ2n) is 3.11. The van der Waals surface area contributed by atoms with Gasteiger partial charge in [-0.05, 0) is 13.0 Å². The lowest BCUT2D eigenvalue weighted by atomic mass is 10.2. The Morgan fingerprint density at radius 2 is 2.15 bits per heavy atom. The van der Waals surface area contributed by atoms with Crippen molar-refractivity contribution in [3.63, 3.8) is 0 Å². The van der Waals surface area contributed by atoms with Gasteiger partial charge in [0.1, 0.15) is 5.82 Å². The second-order valence-corrected chi connectivity index (χ2v) is 3.11. The Morgan fingerprint density at radius 3 is 2.77 bits per heavy atom. The highest BCUT2D eigenvalue weighted by Crippen LogP contribution is 2.05. The van der Waals surface area contributed by atoms with Crippen LogP contribution in [0.25, 0.3) is 0 Å². The van der Waals surface area contributed by atoms with Crippen LogP contribution in [0.4, 0.5) is 4.39 Å². The van der Waals surface area contributed by atoms with Crippen molar-refractivity contribution in [1.29, 1.82) is 0 Å². The van der Waals surface area contributed by atoms with Gasteiger partial charge in [-0.25, -0.2) is 4.39 Å². The van der Waals surface area contributed by atoms with Crippen molar-refractivity contribution in [3.05, 3.63) is 35.6 Å². The van der Waals surface area contributed by atoms with E-state index < -0.39 is 0 Å². The van der Waals surface area contributed by atoms with Crippen molar-refractivity contribution in [2.75, 3.05) is 6.54 Å². The Hall–Kier alpha value is -0.930. The van der Waals surface area contributed by atoms with Gasteiger partial charge in [-0.15, -0.1) is 0 Å². The number of benzene rings is 1. The van der Waals surface area contributed by atoms with Gasteiger partial charge in [0.15, 0.2) is 0 Å². The largest absolute Gasteiger partial charge is 0.329 e. The highest BCUT2D eigenvalue weighted by molar-refractivity contribution is 5.16. The zero-order chi connectivity index (χ0) is 9.68. The van der Waals surface area contributed by atoms with E-state index in [0.717, 1.165) is 0 Å². The van der Waals surface area contributed by atoms with Crippen LogP contribution in [-0.2, 0) is 6.54 Å². The molecule has 0 aliphatic heterocycles. The lowest BCUT2D eigenvalue weighted by Crippen LogP contribution is -2.32. The summed E-state index contributed by atoms with van der Waals surface area (Å²) in [5.41, 5.74) is 6.10. The van der Waals surface area contributed by atoms with E-state index in [-0.39, 0.29) is 11.9 Å². The first-order valence-electron chi connectivity index (χ1n) is 4.41. The molecule has 0 spiro atoms. The lowest BCUT2D eigenvalue weighted by molar-refractivity contribution is 0.533. The molecule has 0 heterocycles. The first kappa shape index (κ1) is 10.2. The fourth-order valence-electron chi connectivity index (χ4n) is 1.01. The SMILES string of the molecule is C[C@@H](CN)NCc1ccccc1F. The fraction of sp³-hybridized carbons (Fsp3) is 0.400. The van der Waals surface area contributed by atoms with Crippen LogP contribution in [0.1, 0.15) is 12.5 Å². The van der Waals surface area contributed by atoms with Crippen LogP contribution in [0, 0.1) is 5.82 Å². The molecule has 0 bridgehead atoms. The maximum absolute atomic E-state index is 13.1.